The molecule has 1 atom stereocenters. The molecule has 0 saturated carbocycles. The zero-order valence-corrected chi connectivity index (χ0v) is 9.12. The first-order chi connectivity index (χ1) is 7.56. The van der Waals surface area contributed by atoms with Crippen LogP contribution in [-0.4, -0.2) is 5.97 Å². The zero-order valence-electron chi connectivity index (χ0n) is 9.12. The van der Waals surface area contributed by atoms with Gasteiger partial charge in [0.1, 0.15) is 0 Å². The van der Waals surface area contributed by atoms with Crippen molar-refractivity contribution in [2.24, 2.45) is 11.0 Å². The molecule has 1 aromatic rings. The number of carbonyl (C=O) groups excluding carboxylic acids is 1. The number of rotatable bonds is 4. The second kappa shape index (κ2) is 5.19. The Morgan fingerprint density at radius 3 is 2.31 bits per heavy atom. The molecule has 0 aliphatic rings. The van der Waals surface area contributed by atoms with Crippen LogP contribution in [0.25, 0.3) is 10.4 Å². The molecule has 1 rings (SSSR count). The van der Waals surface area contributed by atoms with E-state index in [4.69, 9.17) is 5.53 Å². The third kappa shape index (κ3) is 2.74. The lowest BCUT2D eigenvalue weighted by atomic mass is 9.88. The number of nitrogens with zero attached hydrogens (tertiary/aromatic N) is 3. The van der Waals surface area contributed by atoms with E-state index in [1.807, 2.05) is 13.8 Å². The minimum atomic E-state index is -1.09. The summed E-state index contributed by atoms with van der Waals surface area (Å²) >= 11 is 0. The lowest BCUT2D eigenvalue weighted by Gasteiger charge is -2.22. The second-order valence-corrected chi connectivity index (χ2v) is 3.82. The van der Waals surface area contributed by atoms with Gasteiger partial charge in [0.25, 0.3) is 0 Å². The molecule has 0 amide bonds. The molecule has 84 valence electrons. The van der Waals surface area contributed by atoms with Crippen molar-refractivity contribution in [1.82, 2.24) is 0 Å². The first-order valence-corrected chi connectivity index (χ1v) is 4.92. The molecular weight excluding hydrogens is 206 g/mol. The molecule has 0 aromatic heterocycles. The summed E-state index contributed by atoms with van der Waals surface area (Å²) in [6.45, 7) is 3.64. The van der Waals surface area contributed by atoms with Crippen LogP contribution in [0.4, 0.5) is 5.69 Å². The van der Waals surface area contributed by atoms with Gasteiger partial charge in [0.15, 0.2) is 0 Å². The lowest BCUT2D eigenvalue weighted by molar-refractivity contribution is -0.309. The predicted molar refractivity (Wildman–Crippen MR) is 57.8 cm³/mol. The Balaban J connectivity index is 3.03. The quantitative estimate of drug-likeness (QED) is 0.440. The van der Waals surface area contributed by atoms with Gasteiger partial charge >= 0.3 is 0 Å². The monoisotopic (exact) mass is 218 g/mol. The van der Waals surface area contributed by atoms with Crippen molar-refractivity contribution in [2.45, 2.75) is 19.8 Å². The van der Waals surface area contributed by atoms with E-state index in [-0.39, 0.29) is 5.92 Å². The van der Waals surface area contributed by atoms with Crippen LogP contribution in [-0.2, 0) is 4.79 Å². The standard InChI is InChI=1S/C11H13N3O2/c1-7(2)10(11(15)16)8-3-5-9(6-4-8)13-14-12/h3-7,10H,1-2H3,(H,15,16)/p-1. The van der Waals surface area contributed by atoms with E-state index in [0.717, 1.165) is 0 Å². The molecular formula is C11H12N3O2-. The number of benzene rings is 1. The maximum Gasteiger partial charge on any atom is 0.0491 e. The smallest absolute Gasteiger partial charge is 0.0491 e. The maximum atomic E-state index is 11.0. The highest BCUT2D eigenvalue weighted by molar-refractivity contribution is 5.74. The molecule has 0 bridgehead atoms. The fourth-order valence-corrected chi connectivity index (χ4v) is 1.59. The van der Waals surface area contributed by atoms with E-state index in [9.17, 15) is 9.90 Å². The Labute approximate surface area is 93.3 Å². The zero-order chi connectivity index (χ0) is 12.1. The number of hydrogen-bond acceptors (Lipinski definition) is 3. The van der Waals surface area contributed by atoms with Gasteiger partial charge in [0.2, 0.25) is 0 Å². The molecule has 0 radical (unpaired) electrons. The van der Waals surface area contributed by atoms with Gasteiger partial charge in [-0.1, -0.05) is 43.2 Å². The molecule has 16 heavy (non-hydrogen) atoms. The van der Waals surface area contributed by atoms with Crippen molar-refractivity contribution in [3.8, 4) is 0 Å². The number of carbonyl (C=O) groups is 1. The Morgan fingerprint density at radius 2 is 1.94 bits per heavy atom. The summed E-state index contributed by atoms with van der Waals surface area (Å²) in [6, 6.07) is 6.47. The van der Waals surface area contributed by atoms with E-state index in [1.54, 1.807) is 24.3 Å². The van der Waals surface area contributed by atoms with E-state index in [2.05, 4.69) is 10.0 Å². The minimum absolute atomic E-state index is 0.0460. The van der Waals surface area contributed by atoms with E-state index >= 15 is 0 Å². The van der Waals surface area contributed by atoms with Crippen molar-refractivity contribution in [3.05, 3.63) is 40.3 Å². The maximum absolute atomic E-state index is 11.0. The summed E-state index contributed by atoms with van der Waals surface area (Å²) in [4.78, 5) is 13.6. The van der Waals surface area contributed by atoms with Crippen molar-refractivity contribution < 1.29 is 9.90 Å². The van der Waals surface area contributed by atoms with Gasteiger partial charge in [-0.3, -0.25) is 0 Å². The van der Waals surface area contributed by atoms with Crippen molar-refractivity contribution in [2.75, 3.05) is 0 Å². The van der Waals surface area contributed by atoms with Crippen LogP contribution in [0.15, 0.2) is 29.4 Å². The number of hydrogen-bond donors (Lipinski definition) is 0. The van der Waals surface area contributed by atoms with E-state index in [0.29, 0.717) is 11.3 Å². The summed E-state index contributed by atoms with van der Waals surface area (Å²) in [5, 5.41) is 14.4. The van der Waals surface area contributed by atoms with Crippen LogP contribution in [0.3, 0.4) is 0 Å². The topological polar surface area (TPSA) is 88.9 Å². The van der Waals surface area contributed by atoms with E-state index < -0.39 is 11.9 Å². The first-order valence-electron chi connectivity index (χ1n) is 4.92. The Hall–Kier alpha value is -2.00. The van der Waals surface area contributed by atoms with E-state index in [1.165, 1.54) is 0 Å². The number of carboxylic acids is 1. The molecule has 0 aliphatic heterocycles. The first kappa shape index (κ1) is 12.1. The molecule has 5 heteroatoms. The van der Waals surface area contributed by atoms with Crippen molar-refractivity contribution >= 4 is 11.7 Å². The average molecular weight is 218 g/mol. The van der Waals surface area contributed by atoms with Gasteiger partial charge in [-0.05, 0) is 17.0 Å². The highest BCUT2D eigenvalue weighted by Crippen LogP contribution is 2.25. The number of carboxylic acid groups (broad SMARTS) is 1. The normalized spacial score (nSPS) is 11.9. The largest absolute Gasteiger partial charge is 0.549 e. The third-order valence-corrected chi connectivity index (χ3v) is 2.33. The number of azide groups is 1. The molecule has 0 N–H and O–H groups in total. The molecule has 1 unspecified atom stereocenters. The Bertz CT molecular complexity index is 419. The lowest BCUT2D eigenvalue weighted by Crippen LogP contribution is -2.32. The van der Waals surface area contributed by atoms with Crippen LogP contribution in [0.5, 0.6) is 0 Å². The molecule has 0 spiro atoms. The summed E-state index contributed by atoms with van der Waals surface area (Å²) in [6.07, 6.45) is 0. The van der Waals surface area contributed by atoms with Crippen LogP contribution in [0, 0.1) is 5.92 Å². The molecule has 0 saturated heterocycles. The number of aliphatic carboxylic acids is 1. The van der Waals surface area contributed by atoms with Gasteiger partial charge in [0, 0.05) is 22.5 Å². The summed E-state index contributed by atoms with van der Waals surface area (Å²) in [5.74, 6) is -1.78. The molecule has 5 nitrogen and oxygen atoms in total. The van der Waals surface area contributed by atoms with Crippen molar-refractivity contribution in [3.63, 3.8) is 0 Å². The van der Waals surface area contributed by atoms with Crippen LogP contribution >= 0.6 is 0 Å². The van der Waals surface area contributed by atoms with Gasteiger partial charge in [-0.15, -0.1) is 0 Å². The van der Waals surface area contributed by atoms with Crippen LogP contribution in [0.2, 0.25) is 0 Å². The molecule has 0 aliphatic carbocycles. The van der Waals surface area contributed by atoms with Gasteiger partial charge in [0.05, 0.1) is 0 Å². The van der Waals surface area contributed by atoms with Crippen molar-refractivity contribution in [1.29, 1.82) is 0 Å². The van der Waals surface area contributed by atoms with Crippen LogP contribution in [0.1, 0.15) is 25.3 Å². The van der Waals surface area contributed by atoms with Gasteiger partial charge in [-0.2, -0.15) is 0 Å². The molecule has 0 fully saturated rings. The summed E-state index contributed by atoms with van der Waals surface area (Å²) in [5.41, 5.74) is 9.35. The molecule has 0 heterocycles. The van der Waals surface area contributed by atoms with Gasteiger partial charge in [-0.25, -0.2) is 0 Å². The average Bonchev–Trinajstić information content (AvgIpc) is 2.20. The Kier molecular flexibility index (Phi) is 3.91. The van der Waals surface area contributed by atoms with Crippen LogP contribution < -0.4 is 5.11 Å². The summed E-state index contributed by atoms with van der Waals surface area (Å²) < 4.78 is 0. The highest BCUT2D eigenvalue weighted by atomic mass is 16.4. The third-order valence-electron chi connectivity index (χ3n) is 2.33. The fourth-order valence-electron chi connectivity index (χ4n) is 1.59. The van der Waals surface area contributed by atoms with Gasteiger partial charge < -0.3 is 9.90 Å². The molecule has 1 aromatic carbocycles. The second-order valence-electron chi connectivity index (χ2n) is 3.82. The highest BCUT2D eigenvalue weighted by Gasteiger charge is 2.16. The minimum Gasteiger partial charge on any atom is -0.549 e. The fraction of sp³-hybridized carbons (Fsp3) is 0.364. The summed E-state index contributed by atoms with van der Waals surface area (Å²) in [7, 11) is 0. The Morgan fingerprint density at radius 1 is 1.38 bits per heavy atom. The SMILES string of the molecule is CC(C)C(C(=O)[O-])c1ccc(N=[N+]=[N-])cc1. The predicted octanol–water partition coefficient (Wildman–Crippen LogP) is 2.12.